The third-order valence-corrected chi connectivity index (χ3v) is 7.42. The minimum absolute atomic E-state index is 0.0220. The van der Waals surface area contributed by atoms with Crippen LogP contribution in [0.1, 0.15) is 47.4 Å². The smallest absolute Gasteiger partial charge is 0.262 e. The Kier molecular flexibility index (Phi) is 6.25. The minimum Gasteiger partial charge on any atom is -0.349 e. The minimum atomic E-state index is -0.115. The largest absolute Gasteiger partial charge is 0.349 e. The fourth-order valence-corrected chi connectivity index (χ4v) is 5.04. The molecule has 164 valence electrons. The quantitative estimate of drug-likeness (QED) is 0.661. The average molecular weight is 439 g/mol. The van der Waals surface area contributed by atoms with Crippen LogP contribution in [0, 0.1) is 12.8 Å². The summed E-state index contributed by atoms with van der Waals surface area (Å²) < 4.78 is 1.81. The van der Waals surface area contributed by atoms with Crippen molar-refractivity contribution in [1.29, 1.82) is 0 Å². The molecular formula is C24H30N4O2S. The van der Waals surface area contributed by atoms with Crippen molar-refractivity contribution in [2.45, 2.75) is 53.2 Å². The van der Waals surface area contributed by atoms with Crippen molar-refractivity contribution in [3.8, 4) is 0 Å². The van der Waals surface area contributed by atoms with Crippen molar-refractivity contribution in [2.75, 3.05) is 13.1 Å². The van der Waals surface area contributed by atoms with Gasteiger partial charge >= 0.3 is 0 Å². The van der Waals surface area contributed by atoms with E-state index in [4.69, 9.17) is 4.98 Å². The van der Waals surface area contributed by atoms with Crippen LogP contribution in [0.3, 0.4) is 0 Å². The third kappa shape index (κ3) is 4.43. The predicted molar refractivity (Wildman–Crippen MR) is 126 cm³/mol. The standard InChI is InChI=1S/C24H30N4O2S/c1-15(2)17(4)25-22(29)21-16(3)20-23(31-21)26-19-10-11-27(12-13-28(19)24(20)30)14-18-8-6-5-7-9-18/h5-9,15,17H,10-14H2,1-4H3,(H,25,29). The Labute approximate surface area is 186 Å². The summed E-state index contributed by atoms with van der Waals surface area (Å²) in [5.41, 5.74) is 2.00. The molecule has 0 saturated carbocycles. The molecule has 0 radical (unpaired) electrons. The van der Waals surface area contributed by atoms with Gasteiger partial charge in [0.2, 0.25) is 0 Å². The first-order chi connectivity index (χ1) is 14.8. The molecule has 31 heavy (non-hydrogen) atoms. The molecule has 1 N–H and O–H groups in total. The topological polar surface area (TPSA) is 67.2 Å². The van der Waals surface area contributed by atoms with Crippen LogP contribution in [-0.4, -0.2) is 39.5 Å². The number of benzene rings is 1. The summed E-state index contributed by atoms with van der Waals surface area (Å²) in [6, 6.07) is 10.5. The summed E-state index contributed by atoms with van der Waals surface area (Å²) in [4.78, 5) is 34.6. The SMILES string of the molecule is Cc1c(C(=O)NC(C)C(C)C)sc2nc3n(c(=O)c12)CCN(Cc1ccccc1)CC3. The van der Waals surface area contributed by atoms with Gasteiger partial charge in [-0.25, -0.2) is 4.98 Å². The van der Waals surface area contributed by atoms with Gasteiger partial charge in [0, 0.05) is 38.6 Å². The number of hydrogen-bond acceptors (Lipinski definition) is 5. The van der Waals surface area contributed by atoms with E-state index in [0.717, 1.165) is 37.4 Å². The zero-order valence-corrected chi connectivity index (χ0v) is 19.5. The first-order valence-corrected chi connectivity index (χ1v) is 11.8. The van der Waals surface area contributed by atoms with Gasteiger partial charge in [-0.2, -0.15) is 0 Å². The fourth-order valence-electron chi connectivity index (χ4n) is 3.95. The summed E-state index contributed by atoms with van der Waals surface area (Å²) >= 11 is 1.33. The lowest BCUT2D eigenvalue weighted by atomic mass is 10.1. The van der Waals surface area contributed by atoms with Gasteiger partial charge in [0.25, 0.3) is 11.5 Å². The number of hydrogen-bond donors (Lipinski definition) is 1. The molecule has 0 fully saturated rings. The number of nitrogens with one attached hydrogen (secondary N) is 1. The summed E-state index contributed by atoms with van der Waals surface area (Å²) in [6.45, 7) is 11.2. The number of thiophene rings is 1. The zero-order chi connectivity index (χ0) is 22.1. The normalized spacial score (nSPS) is 15.6. The molecule has 1 unspecified atom stereocenters. The molecule has 6 nitrogen and oxygen atoms in total. The number of fused-ring (bicyclic) bond motifs is 2. The number of amides is 1. The van der Waals surface area contributed by atoms with E-state index in [1.807, 2.05) is 24.5 Å². The molecule has 1 amide bonds. The van der Waals surface area contributed by atoms with Crippen LogP contribution in [0.5, 0.6) is 0 Å². The Morgan fingerprint density at radius 2 is 1.90 bits per heavy atom. The van der Waals surface area contributed by atoms with E-state index in [1.165, 1.54) is 16.9 Å². The van der Waals surface area contributed by atoms with Gasteiger partial charge in [-0.3, -0.25) is 19.1 Å². The monoisotopic (exact) mass is 438 g/mol. The molecule has 1 atom stereocenters. The van der Waals surface area contributed by atoms with Gasteiger partial charge in [0.1, 0.15) is 10.7 Å². The average Bonchev–Trinajstić information content (AvgIpc) is 2.94. The highest BCUT2D eigenvalue weighted by molar-refractivity contribution is 7.20. The van der Waals surface area contributed by atoms with Crippen LogP contribution in [0.2, 0.25) is 0 Å². The van der Waals surface area contributed by atoms with Crippen LogP contribution in [-0.2, 0) is 19.5 Å². The number of nitrogens with zero attached hydrogens (tertiary/aromatic N) is 3. The molecule has 0 spiro atoms. The number of aromatic nitrogens is 2. The highest BCUT2D eigenvalue weighted by atomic mass is 32.1. The lowest BCUT2D eigenvalue weighted by Gasteiger charge is -2.19. The second-order valence-corrected chi connectivity index (χ2v) is 9.74. The number of rotatable bonds is 5. The molecule has 3 heterocycles. The Morgan fingerprint density at radius 3 is 2.61 bits per heavy atom. The van der Waals surface area contributed by atoms with Crippen molar-refractivity contribution in [2.24, 2.45) is 5.92 Å². The Hall–Kier alpha value is -2.51. The second-order valence-electron chi connectivity index (χ2n) is 8.74. The van der Waals surface area contributed by atoms with Crippen molar-refractivity contribution < 1.29 is 4.79 Å². The van der Waals surface area contributed by atoms with Crippen molar-refractivity contribution in [3.05, 3.63) is 62.5 Å². The molecular weight excluding hydrogens is 408 g/mol. The van der Waals surface area contributed by atoms with Crippen molar-refractivity contribution in [1.82, 2.24) is 19.8 Å². The summed E-state index contributed by atoms with van der Waals surface area (Å²) in [6.07, 6.45) is 0.723. The van der Waals surface area contributed by atoms with E-state index < -0.39 is 0 Å². The Bertz CT molecular complexity index is 1150. The van der Waals surface area contributed by atoms with Gasteiger partial charge in [-0.15, -0.1) is 11.3 Å². The summed E-state index contributed by atoms with van der Waals surface area (Å²) in [5, 5.41) is 3.64. The number of carbonyl (C=O) groups is 1. The van der Waals surface area contributed by atoms with E-state index >= 15 is 0 Å². The van der Waals surface area contributed by atoms with E-state index in [0.29, 0.717) is 27.6 Å². The van der Waals surface area contributed by atoms with Gasteiger partial charge in [0.15, 0.2) is 0 Å². The number of aryl methyl sites for hydroxylation is 1. The molecule has 0 saturated heterocycles. The van der Waals surface area contributed by atoms with E-state index in [2.05, 4.69) is 48.3 Å². The van der Waals surface area contributed by atoms with Crippen LogP contribution in [0.15, 0.2) is 35.1 Å². The van der Waals surface area contributed by atoms with E-state index in [1.54, 1.807) is 0 Å². The maximum Gasteiger partial charge on any atom is 0.262 e. The van der Waals surface area contributed by atoms with Crippen molar-refractivity contribution >= 4 is 27.5 Å². The van der Waals surface area contributed by atoms with Crippen LogP contribution >= 0.6 is 11.3 Å². The lowest BCUT2D eigenvalue weighted by molar-refractivity contribution is 0.0934. The van der Waals surface area contributed by atoms with Crippen LogP contribution in [0.25, 0.3) is 10.2 Å². The molecule has 2 aromatic heterocycles. The predicted octanol–water partition coefficient (Wildman–Crippen LogP) is 3.60. The highest BCUT2D eigenvalue weighted by Crippen LogP contribution is 2.28. The van der Waals surface area contributed by atoms with Crippen LogP contribution < -0.4 is 10.9 Å². The molecule has 1 aliphatic heterocycles. The lowest BCUT2D eigenvalue weighted by Crippen LogP contribution is -2.36. The number of carbonyl (C=O) groups excluding carboxylic acids is 1. The second kappa shape index (κ2) is 8.93. The van der Waals surface area contributed by atoms with Gasteiger partial charge in [0.05, 0.1) is 10.3 Å². The molecule has 3 aromatic rings. The van der Waals surface area contributed by atoms with Crippen LogP contribution in [0.4, 0.5) is 0 Å². The molecule has 1 aliphatic rings. The Morgan fingerprint density at radius 1 is 1.16 bits per heavy atom. The fraction of sp³-hybridized carbons (Fsp3) is 0.458. The summed E-state index contributed by atoms with van der Waals surface area (Å²) in [7, 11) is 0. The first-order valence-electron chi connectivity index (χ1n) is 10.9. The van der Waals surface area contributed by atoms with E-state index in [-0.39, 0.29) is 17.5 Å². The van der Waals surface area contributed by atoms with Gasteiger partial charge in [-0.05, 0) is 30.9 Å². The maximum absolute atomic E-state index is 13.4. The zero-order valence-electron chi connectivity index (χ0n) is 18.6. The molecule has 0 bridgehead atoms. The Balaban J connectivity index is 1.60. The van der Waals surface area contributed by atoms with E-state index in [9.17, 15) is 9.59 Å². The summed E-state index contributed by atoms with van der Waals surface area (Å²) in [5.74, 6) is 1.05. The molecule has 0 aliphatic carbocycles. The highest BCUT2D eigenvalue weighted by Gasteiger charge is 2.24. The maximum atomic E-state index is 13.4. The van der Waals surface area contributed by atoms with Crippen molar-refractivity contribution in [3.63, 3.8) is 0 Å². The molecule has 7 heteroatoms. The first kappa shape index (κ1) is 21.7. The molecule has 4 rings (SSSR count). The van der Waals surface area contributed by atoms with Gasteiger partial charge < -0.3 is 5.32 Å². The molecule has 1 aromatic carbocycles. The third-order valence-electron chi connectivity index (χ3n) is 6.23. The van der Waals surface area contributed by atoms with Gasteiger partial charge in [-0.1, -0.05) is 44.2 Å².